The first-order valence-corrected chi connectivity index (χ1v) is 11.0. The number of carbonyl (C=O) groups is 1. The number of hydrogen-bond acceptors (Lipinski definition) is 4. The maximum Gasteiger partial charge on any atom is 0.260 e. The van der Waals surface area contributed by atoms with E-state index in [4.69, 9.17) is 16.3 Å². The minimum atomic E-state index is -3.70. The highest BCUT2D eigenvalue weighted by molar-refractivity contribution is 7.89. The molecule has 0 bridgehead atoms. The Balaban J connectivity index is 2.06. The van der Waals surface area contributed by atoms with E-state index in [1.54, 1.807) is 30.9 Å². The van der Waals surface area contributed by atoms with Crippen molar-refractivity contribution in [2.75, 3.05) is 24.6 Å². The lowest BCUT2D eigenvalue weighted by Gasteiger charge is -2.35. The summed E-state index contributed by atoms with van der Waals surface area (Å²) in [6, 6.07) is 11.3. The van der Waals surface area contributed by atoms with Gasteiger partial charge >= 0.3 is 0 Å². The van der Waals surface area contributed by atoms with Gasteiger partial charge in [-0.25, -0.2) is 8.42 Å². The molecule has 0 aromatic heterocycles. The molecule has 1 aliphatic rings. The molecule has 8 heteroatoms. The van der Waals surface area contributed by atoms with Crippen LogP contribution in [0, 0.1) is 0 Å². The second-order valence-corrected chi connectivity index (χ2v) is 8.88. The second-order valence-electron chi connectivity index (χ2n) is 6.53. The molecule has 6 nitrogen and oxygen atoms in total. The molecular weight excluding hydrogens is 400 g/mol. The van der Waals surface area contributed by atoms with Gasteiger partial charge in [0.1, 0.15) is 12.4 Å². The Morgan fingerprint density at radius 1 is 1.21 bits per heavy atom. The number of benzene rings is 2. The topological polar surface area (TPSA) is 66.9 Å². The summed E-state index contributed by atoms with van der Waals surface area (Å²) >= 11 is 6.30. The first-order chi connectivity index (χ1) is 13.3. The van der Waals surface area contributed by atoms with Crippen LogP contribution in [0.2, 0.25) is 5.02 Å². The number of fused-ring (bicyclic) bond motifs is 1. The fraction of sp³-hybridized carbons (Fsp3) is 0.350. The molecule has 0 N–H and O–H groups in total. The second kappa shape index (κ2) is 8.11. The quantitative estimate of drug-likeness (QED) is 0.735. The van der Waals surface area contributed by atoms with Crippen LogP contribution in [0.15, 0.2) is 47.4 Å². The van der Waals surface area contributed by atoms with Crippen molar-refractivity contribution in [3.05, 3.63) is 53.1 Å². The summed E-state index contributed by atoms with van der Waals surface area (Å²) < 4.78 is 32.8. The number of rotatable bonds is 5. The first kappa shape index (κ1) is 20.6. The molecule has 0 radical (unpaired) electrons. The van der Waals surface area contributed by atoms with Crippen LogP contribution in [-0.4, -0.2) is 44.4 Å². The number of sulfonamides is 1. The summed E-state index contributed by atoms with van der Waals surface area (Å²) in [4.78, 5) is 15.0. The van der Waals surface area contributed by atoms with E-state index in [1.165, 1.54) is 22.5 Å². The number of halogens is 1. The molecule has 28 heavy (non-hydrogen) atoms. The average Bonchev–Trinajstić information content (AvgIpc) is 2.68. The van der Waals surface area contributed by atoms with Gasteiger partial charge in [0.15, 0.2) is 0 Å². The van der Waals surface area contributed by atoms with Gasteiger partial charge in [-0.05, 0) is 37.3 Å². The van der Waals surface area contributed by atoms with E-state index < -0.39 is 10.0 Å². The van der Waals surface area contributed by atoms with Crippen LogP contribution in [0.25, 0.3) is 0 Å². The molecule has 0 aliphatic carbocycles. The maximum absolute atomic E-state index is 13.4. The molecule has 3 rings (SSSR count). The van der Waals surface area contributed by atoms with Gasteiger partial charge in [-0.1, -0.05) is 37.6 Å². The van der Waals surface area contributed by atoms with Crippen molar-refractivity contribution in [1.29, 1.82) is 0 Å². The lowest BCUT2D eigenvalue weighted by Crippen LogP contribution is -2.45. The molecule has 1 heterocycles. The van der Waals surface area contributed by atoms with Gasteiger partial charge in [0.25, 0.3) is 5.91 Å². The van der Waals surface area contributed by atoms with Crippen molar-refractivity contribution in [1.82, 2.24) is 4.31 Å². The predicted molar refractivity (Wildman–Crippen MR) is 110 cm³/mol. The SMILES string of the molecule is CCN(CC)S(=O)(=O)c1ccc(Cl)c(C(=O)N2c3ccccc3OC[C@H]2C)c1. The highest BCUT2D eigenvalue weighted by atomic mass is 35.5. The zero-order chi connectivity index (χ0) is 20.5. The Labute approximate surface area is 170 Å². The largest absolute Gasteiger partial charge is 0.489 e. The number of para-hydroxylation sites is 2. The average molecular weight is 423 g/mol. The van der Waals surface area contributed by atoms with E-state index >= 15 is 0 Å². The van der Waals surface area contributed by atoms with E-state index in [-0.39, 0.29) is 27.4 Å². The Hall–Kier alpha value is -2.09. The van der Waals surface area contributed by atoms with Crippen LogP contribution >= 0.6 is 11.6 Å². The van der Waals surface area contributed by atoms with Crippen LogP contribution in [-0.2, 0) is 10.0 Å². The predicted octanol–water partition coefficient (Wildman–Crippen LogP) is 3.80. The van der Waals surface area contributed by atoms with Gasteiger partial charge in [-0.3, -0.25) is 9.69 Å². The standard InChI is InChI=1S/C20H23ClN2O4S/c1-4-22(5-2)28(25,26)15-10-11-17(21)16(12-15)20(24)23-14(3)13-27-19-9-7-6-8-18(19)23/h6-12,14H,4-5,13H2,1-3H3/t14-/m1/s1. The number of amides is 1. The molecule has 150 valence electrons. The summed E-state index contributed by atoms with van der Waals surface area (Å²) in [5, 5.41) is 0.208. The van der Waals surface area contributed by atoms with Crippen molar-refractivity contribution < 1.29 is 17.9 Å². The molecule has 0 spiro atoms. The van der Waals surface area contributed by atoms with Crippen molar-refractivity contribution in [3.8, 4) is 5.75 Å². The Morgan fingerprint density at radius 3 is 2.57 bits per heavy atom. The zero-order valence-corrected chi connectivity index (χ0v) is 17.6. The van der Waals surface area contributed by atoms with Crippen molar-refractivity contribution in [2.24, 2.45) is 0 Å². The monoisotopic (exact) mass is 422 g/mol. The first-order valence-electron chi connectivity index (χ1n) is 9.16. The zero-order valence-electron chi connectivity index (χ0n) is 16.1. The summed E-state index contributed by atoms with van der Waals surface area (Å²) in [7, 11) is -3.70. The number of anilines is 1. The minimum Gasteiger partial charge on any atom is -0.489 e. The van der Waals surface area contributed by atoms with Gasteiger partial charge in [0.05, 0.1) is 27.2 Å². The number of ether oxygens (including phenoxy) is 1. The van der Waals surface area contributed by atoms with Crippen molar-refractivity contribution in [2.45, 2.75) is 31.7 Å². The van der Waals surface area contributed by atoms with Gasteiger partial charge < -0.3 is 4.74 Å². The van der Waals surface area contributed by atoms with Gasteiger partial charge in [-0.15, -0.1) is 0 Å². The molecule has 0 saturated heterocycles. The molecule has 0 fully saturated rings. The van der Waals surface area contributed by atoms with Crippen molar-refractivity contribution in [3.63, 3.8) is 0 Å². The van der Waals surface area contributed by atoms with Crippen molar-refractivity contribution >= 4 is 33.2 Å². The number of nitrogens with zero attached hydrogens (tertiary/aromatic N) is 2. The third-order valence-electron chi connectivity index (χ3n) is 4.78. The van der Waals surface area contributed by atoms with E-state index in [2.05, 4.69) is 0 Å². The highest BCUT2D eigenvalue weighted by Crippen LogP contribution is 2.35. The Morgan fingerprint density at radius 2 is 1.89 bits per heavy atom. The Kier molecular flexibility index (Phi) is 5.98. The maximum atomic E-state index is 13.4. The number of carbonyl (C=O) groups excluding carboxylic acids is 1. The third-order valence-corrected chi connectivity index (χ3v) is 7.15. The van der Waals surface area contributed by atoms with E-state index in [0.29, 0.717) is 31.1 Å². The van der Waals surface area contributed by atoms with E-state index in [1.807, 2.05) is 19.1 Å². The third kappa shape index (κ3) is 3.62. The summed E-state index contributed by atoms with van der Waals surface area (Å²) in [6.07, 6.45) is 0. The fourth-order valence-corrected chi connectivity index (χ4v) is 4.96. The van der Waals surface area contributed by atoms with Gasteiger partial charge in [-0.2, -0.15) is 4.31 Å². The Bertz CT molecular complexity index is 989. The van der Waals surface area contributed by atoms with Crippen LogP contribution in [0.1, 0.15) is 31.1 Å². The molecular formula is C20H23ClN2O4S. The molecule has 0 saturated carbocycles. The van der Waals surface area contributed by atoms with E-state index in [0.717, 1.165) is 0 Å². The normalized spacial score (nSPS) is 16.6. The van der Waals surface area contributed by atoms with Crippen LogP contribution < -0.4 is 9.64 Å². The number of hydrogen-bond donors (Lipinski definition) is 0. The molecule has 1 aliphatic heterocycles. The molecule has 2 aromatic carbocycles. The van der Waals surface area contributed by atoms with Crippen LogP contribution in [0.4, 0.5) is 5.69 Å². The molecule has 1 amide bonds. The van der Waals surface area contributed by atoms with Crippen LogP contribution in [0.5, 0.6) is 5.75 Å². The lowest BCUT2D eigenvalue weighted by atomic mass is 10.1. The van der Waals surface area contributed by atoms with E-state index in [9.17, 15) is 13.2 Å². The summed E-state index contributed by atoms with van der Waals surface area (Å²) in [6.45, 7) is 6.46. The molecule has 1 atom stereocenters. The van der Waals surface area contributed by atoms with Gasteiger partial charge in [0, 0.05) is 13.1 Å². The molecule has 2 aromatic rings. The summed E-state index contributed by atoms with van der Waals surface area (Å²) in [5.41, 5.74) is 0.790. The molecule has 0 unspecified atom stereocenters. The highest BCUT2D eigenvalue weighted by Gasteiger charge is 2.32. The minimum absolute atomic E-state index is 0.0538. The lowest BCUT2D eigenvalue weighted by molar-refractivity contribution is 0.0961. The summed E-state index contributed by atoms with van der Waals surface area (Å²) in [5.74, 6) is 0.252. The van der Waals surface area contributed by atoms with Crippen LogP contribution in [0.3, 0.4) is 0 Å². The van der Waals surface area contributed by atoms with Gasteiger partial charge in [0.2, 0.25) is 10.0 Å². The smallest absolute Gasteiger partial charge is 0.260 e. The fourth-order valence-electron chi connectivity index (χ4n) is 3.28.